The Balaban J connectivity index is 3.22. The quantitative estimate of drug-likeness (QED) is 0.863. The molecule has 1 rings (SSSR count). The van der Waals surface area contributed by atoms with Crippen LogP contribution < -0.4 is 4.90 Å². The summed E-state index contributed by atoms with van der Waals surface area (Å²) in [6.07, 6.45) is -7.58. The zero-order valence-electron chi connectivity index (χ0n) is 9.71. The van der Waals surface area contributed by atoms with Gasteiger partial charge in [0.15, 0.2) is 0 Å². The van der Waals surface area contributed by atoms with Crippen molar-refractivity contribution < 1.29 is 31.9 Å². The van der Waals surface area contributed by atoms with Crippen LogP contribution in [0.3, 0.4) is 0 Å². The maximum atomic E-state index is 12.7. The van der Waals surface area contributed by atoms with E-state index in [-0.39, 0.29) is 5.69 Å². The lowest BCUT2D eigenvalue weighted by Crippen LogP contribution is -2.25. The van der Waals surface area contributed by atoms with Crippen LogP contribution in [0, 0.1) is 0 Å². The smallest absolute Gasteiger partial charge is 0.417 e. The molecular formula is C11H10F5NO2. The fourth-order valence-electron chi connectivity index (χ4n) is 1.50. The number of carboxylic acids is 1. The van der Waals surface area contributed by atoms with Gasteiger partial charge in [0.2, 0.25) is 0 Å². The zero-order chi connectivity index (χ0) is 14.8. The Kier molecular flexibility index (Phi) is 4.33. The van der Waals surface area contributed by atoms with Gasteiger partial charge in [-0.15, -0.1) is 0 Å². The van der Waals surface area contributed by atoms with E-state index in [0.717, 1.165) is 17.0 Å². The van der Waals surface area contributed by atoms with Gasteiger partial charge in [0.25, 0.3) is 6.43 Å². The van der Waals surface area contributed by atoms with E-state index in [1.165, 1.54) is 7.05 Å². The van der Waals surface area contributed by atoms with Gasteiger partial charge in [-0.1, -0.05) is 0 Å². The van der Waals surface area contributed by atoms with Gasteiger partial charge in [-0.05, 0) is 18.2 Å². The second-order valence-corrected chi connectivity index (χ2v) is 3.80. The molecule has 0 aliphatic rings. The molecule has 1 aromatic carbocycles. The largest absolute Gasteiger partial charge is 0.478 e. The first-order valence-corrected chi connectivity index (χ1v) is 5.06. The number of anilines is 1. The lowest BCUT2D eigenvalue weighted by molar-refractivity contribution is -0.138. The number of aromatic carboxylic acids is 1. The van der Waals surface area contributed by atoms with Crippen LogP contribution in [0.25, 0.3) is 0 Å². The first-order valence-electron chi connectivity index (χ1n) is 5.06. The molecule has 0 bridgehead atoms. The van der Waals surface area contributed by atoms with E-state index in [9.17, 15) is 26.7 Å². The molecule has 0 fully saturated rings. The number of carboxylic acid groups (broad SMARTS) is 1. The van der Waals surface area contributed by atoms with Crippen LogP contribution in [0.4, 0.5) is 27.6 Å². The molecule has 3 nitrogen and oxygen atoms in total. The third-order valence-electron chi connectivity index (χ3n) is 2.39. The summed E-state index contributed by atoms with van der Waals surface area (Å²) < 4.78 is 62.4. The van der Waals surface area contributed by atoms with Crippen LogP contribution in [-0.4, -0.2) is 31.1 Å². The minimum atomic E-state index is -4.87. The van der Waals surface area contributed by atoms with E-state index in [1.54, 1.807) is 0 Å². The maximum Gasteiger partial charge on any atom is 0.417 e. The molecule has 106 valence electrons. The second kappa shape index (κ2) is 5.41. The van der Waals surface area contributed by atoms with E-state index >= 15 is 0 Å². The molecule has 0 atom stereocenters. The molecule has 0 heterocycles. The van der Waals surface area contributed by atoms with E-state index in [2.05, 4.69) is 0 Å². The van der Waals surface area contributed by atoms with Crippen molar-refractivity contribution in [3.63, 3.8) is 0 Å². The van der Waals surface area contributed by atoms with E-state index in [1.807, 2.05) is 0 Å². The van der Waals surface area contributed by atoms with Gasteiger partial charge in [0.05, 0.1) is 17.7 Å². The number of carbonyl (C=O) groups is 1. The molecule has 8 heteroatoms. The number of hydrogen-bond donors (Lipinski definition) is 1. The van der Waals surface area contributed by atoms with Crippen molar-refractivity contribution in [1.82, 2.24) is 0 Å². The Hall–Kier alpha value is -1.86. The molecule has 19 heavy (non-hydrogen) atoms. The number of halogens is 5. The summed E-state index contributed by atoms with van der Waals surface area (Å²) in [5.74, 6) is -1.73. The van der Waals surface area contributed by atoms with Crippen molar-refractivity contribution in [2.75, 3.05) is 18.5 Å². The minimum absolute atomic E-state index is 0.127. The highest BCUT2D eigenvalue weighted by Gasteiger charge is 2.35. The zero-order valence-corrected chi connectivity index (χ0v) is 9.71. The maximum absolute atomic E-state index is 12.7. The molecule has 0 aliphatic carbocycles. The highest BCUT2D eigenvalue weighted by molar-refractivity contribution is 5.90. The van der Waals surface area contributed by atoms with Crippen molar-refractivity contribution in [3.05, 3.63) is 29.3 Å². The van der Waals surface area contributed by atoms with Gasteiger partial charge in [0.1, 0.15) is 0 Å². The number of rotatable bonds is 4. The van der Waals surface area contributed by atoms with E-state index in [0.29, 0.717) is 6.07 Å². The van der Waals surface area contributed by atoms with Crippen LogP contribution in [-0.2, 0) is 6.18 Å². The molecule has 0 aliphatic heterocycles. The normalized spacial score (nSPS) is 11.7. The summed E-state index contributed by atoms with van der Waals surface area (Å²) in [5, 5.41) is 8.67. The first kappa shape index (κ1) is 15.2. The fourth-order valence-corrected chi connectivity index (χ4v) is 1.50. The van der Waals surface area contributed by atoms with Gasteiger partial charge in [-0.2, -0.15) is 13.2 Å². The molecule has 0 saturated carbocycles. The molecule has 0 amide bonds. The highest BCUT2D eigenvalue weighted by atomic mass is 19.4. The van der Waals surface area contributed by atoms with Crippen LogP contribution in [0.5, 0.6) is 0 Å². The minimum Gasteiger partial charge on any atom is -0.478 e. The summed E-state index contributed by atoms with van der Waals surface area (Å²) in [6.45, 7) is -0.746. The topological polar surface area (TPSA) is 40.5 Å². The second-order valence-electron chi connectivity index (χ2n) is 3.80. The van der Waals surface area contributed by atoms with E-state index in [4.69, 9.17) is 5.11 Å². The van der Waals surface area contributed by atoms with Crippen molar-refractivity contribution in [2.24, 2.45) is 0 Å². The number of alkyl halides is 5. The predicted molar refractivity (Wildman–Crippen MR) is 57.7 cm³/mol. The van der Waals surface area contributed by atoms with Gasteiger partial charge in [0, 0.05) is 12.7 Å². The molecule has 0 unspecified atom stereocenters. The first-order chi connectivity index (χ1) is 8.62. The van der Waals surface area contributed by atoms with Crippen LogP contribution in [0.15, 0.2) is 18.2 Å². The lowest BCUT2D eigenvalue weighted by atomic mass is 10.1. The third-order valence-corrected chi connectivity index (χ3v) is 2.39. The number of benzene rings is 1. The van der Waals surface area contributed by atoms with Crippen LogP contribution in [0.2, 0.25) is 0 Å². The van der Waals surface area contributed by atoms with Gasteiger partial charge in [-0.3, -0.25) is 0 Å². The number of hydrogen-bond acceptors (Lipinski definition) is 2. The summed E-state index contributed by atoms with van der Waals surface area (Å²) in [6, 6.07) is 2.36. The Morgan fingerprint density at radius 3 is 2.37 bits per heavy atom. The van der Waals surface area contributed by atoms with Crippen LogP contribution in [0.1, 0.15) is 15.9 Å². The molecular weight excluding hydrogens is 273 g/mol. The van der Waals surface area contributed by atoms with Crippen molar-refractivity contribution >= 4 is 11.7 Å². The Labute approximate surface area is 105 Å². The molecule has 0 spiro atoms. The highest BCUT2D eigenvalue weighted by Crippen LogP contribution is 2.34. The lowest BCUT2D eigenvalue weighted by Gasteiger charge is -2.20. The predicted octanol–water partition coefficient (Wildman–Crippen LogP) is 3.10. The van der Waals surface area contributed by atoms with Gasteiger partial charge < -0.3 is 10.0 Å². The fraction of sp³-hybridized carbons (Fsp3) is 0.364. The Morgan fingerprint density at radius 1 is 1.37 bits per heavy atom. The molecule has 0 radical (unpaired) electrons. The molecule has 1 aromatic rings. The van der Waals surface area contributed by atoms with Crippen molar-refractivity contribution in [3.8, 4) is 0 Å². The summed E-state index contributed by atoms with van der Waals surface area (Å²) >= 11 is 0. The monoisotopic (exact) mass is 283 g/mol. The summed E-state index contributed by atoms with van der Waals surface area (Å²) in [5.41, 5.74) is -2.40. The van der Waals surface area contributed by atoms with Gasteiger partial charge in [-0.25, -0.2) is 13.6 Å². The van der Waals surface area contributed by atoms with Crippen molar-refractivity contribution in [2.45, 2.75) is 12.6 Å². The molecule has 0 saturated heterocycles. The van der Waals surface area contributed by atoms with Crippen molar-refractivity contribution in [1.29, 1.82) is 0 Å². The van der Waals surface area contributed by atoms with E-state index < -0.39 is 36.2 Å². The molecule has 1 N–H and O–H groups in total. The number of nitrogens with zero attached hydrogens (tertiary/aromatic N) is 1. The summed E-state index contributed by atoms with van der Waals surface area (Å²) in [4.78, 5) is 11.6. The SMILES string of the molecule is CN(CC(F)F)c1ccc(C(=O)O)c(C(F)(F)F)c1. The third kappa shape index (κ3) is 3.80. The average molecular weight is 283 g/mol. The summed E-state index contributed by atoms with van der Waals surface area (Å²) in [7, 11) is 1.20. The van der Waals surface area contributed by atoms with Gasteiger partial charge >= 0.3 is 12.1 Å². The van der Waals surface area contributed by atoms with Crippen LogP contribution >= 0.6 is 0 Å². The standard InChI is InChI=1S/C11H10F5NO2/c1-17(5-9(12)13)6-2-3-7(10(18)19)8(4-6)11(14,15)16/h2-4,9H,5H2,1H3,(H,18,19). The average Bonchev–Trinajstić information content (AvgIpc) is 2.25. The molecule has 0 aromatic heterocycles. The Morgan fingerprint density at radius 2 is 1.95 bits per heavy atom. The Bertz CT molecular complexity index is 473.